The van der Waals surface area contributed by atoms with Crippen LogP contribution >= 0.6 is 23.2 Å². The van der Waals surface area contributed by atoms with Crippen LogP contribution in [0.4, 0.5) is 0 Å². The Morgan fingerprint density at radius 3 is 2.69 bits per heavy atom. The lowest BCUT2D eigenvalue weighted by atomic mass is 10.1. The van der Waals surface area contributed by atoms with Gasteiger partial charge in [-0.15, -0.1) is 0 Å². The molecule has 1 heterocycles. The molecule has 3 nitrogen and oxygen atoms in total. The second-order valence-electron chi connectivity index (χ2n) is 3.34. The van der Waals surface area contributed by atoms with Crippen molar-refractivity contribution in [3.05, 3.63) is 39.8 Å². The van der Waals surface area contributed by atoms with Gasteiger partial charge in [-0.25, -0.2) is 4.98 Å². The van der Waals surface area contributed by atoms with Crippen LogP contribution in [-0.2, 0) is 0 Å². The number of hydrogen-bond acceptors (Lipinski definition) is 2. The van der Waals surface area contributed by atoms with Crippen LogP contribution in [0, 0.1) is 18.3 Å². The molecule has 2 aromatic rings. The van der Waals surface area contributed by atoms with Crippen molar-refractivity contribution in [3.8, 4) is 17.3 Å². The predicted molar refractivity (Wildman–Crippen MR) is 63.5 cm³/mol. The quantitative estimate of drug-likeness (QED) is 0.843. The van der Waals surface area contributed by atoms with Crippen molar-refractivity contribution in [2.24, 2.45) is 0 Å². The molecular formula is C11H7Cl2N3. The van der Waals surface area contributed by atoms with Gasteiger partial charge in [-0.2, -0.15) is 5.26 Å². The van der Waals surface area contributed by atoms with E-state index in [-0.39, 0.29) is 5.82 Å². The maximum Gasteiger partial charge on any atom is 0.211 e. The van der Waals surface area contributed by atoms with Gasteiger partial charge in [0.05, 0.1) is 5.02 Å². The number of nitrogens with one attached hydrogen (secondary N) is 1. The van der Waals surface area contributed by atoms with E-state index in [1.807, 2.05) is 31.2 Å². The van der Waals surface area contributed by atoms with Crippen LogP contribution in [0.5, 0.6) is 0 Å². The van der Waals surface area contributed by atoms with Gasteiger partial charge < -0.3 is 4.98 Å². The second-order valence-corrected chi connectivity index (χ2v) is 4.13. The van der Waals surface area contributed by atoms with E-state index >= 15 is 0 Å². The average Bonchev–Trinajstić information content (AvgIpc) is 2.60. The zero-order chi connectivity index (χ0) is 11.7. The van der Waals surface area contributed by atoms with Crippen molar-refractivity contribution < 1.29 is 0 Å². The summed E-state index contributed by atoms with van der Waals surface area (Å²) in [5.74, 6) is 0.177. The monoisotopic (exact) mass is 251 g/mol. The lowest BCUT2D eigenvalue weighted by molar-refractivity contribution is 1.23. The molecule has 16 heavy (non-hydrogen) atoms. The number of halogens is 2. The topological polar surface area (TPSA) is 52.5 Å². The van der Waals surface area contributed by atoms with Gasteiger partial charge in [-0.3, -0.25) is 0 Å². The molecule has 0 aliphatic heterocycles. The minimum Gasteiger partial charge on any atom is -0.320 e. The van der Waals surface area contributed by atoms with E-state index in [0.29, 0.717) is 15.9 Å². The zero-order valence-electron chi connectivity index (χ0n) is 8.38. The summed E-state index contributed by atoms with van der Waals surface area (Å²) in [7, 11) is 0. The Morgan fingerprint density at radius 1 is 1.38 bits per heavy atom. The summed E-state index contributed by atoms with van der Waals surface area (Å²) in [6, 6.07) is 7.47. The van der Waals surface area contributed by atoms with E-state index in [0.717, 1.165) is 11.1 Å². The molecule has 1 N–H and O–H groups in total. The van der Waals surface area contributed by atoms with E-state index in [9.17, 15) is 0 Å². The minimum absolute atomic E-state index is 0.177. The molecule has 80 valence electrons. The van der Waals surface area contributed by atoms with Crippen molar-refractivity contribution in [1.82, 2.24) is 9.97 Å². The maximum atomic E-state index is 8.70. The van der Waals surface area contributed by atoms with Crippen molar-refractivity contribution in [2.75, 3.05) is 0 Å². The molecule has 0 bridgehead atoms. The Kier molecular flexibility index (Phi) is 2.86. The molecule has 0 radical (unpaired) electrons. The zero-order valence-corrected chi connectivity index (χ0v) is 9.89. The van der Waals surface area contributed by atoms with Gasteiger partial charge in [0.25, 0.3) is 0 Å². The molecule has 0 fully saturated rings. The number of aromatic nitrogens is 2. The van der Waals surface area contributed by atoms with Crippen LogP contribution in [-0.4, -0.2) is 9.97 Å². The second kappa shape index (κ2) is 4.17. The number of rotatable bonds is 1. The third kappa shape index (κ3) is 1.90. The summed E-state index contributed by atoms with van der Waals surface area (Å²) in [6.07, 6.45) is 0. The van der Waals surface area contributed by atoms with Gasteiger partial charge >= 0.3 is 0 Å². The molecule has 0 saturated heterocycles. The first kappa shape index (κ1) is 11.0. The Hall–Kier alpha value is -1.50. The lowest BCUT2D eigenvalue weighted by Crippen LogP contribution is -1.82. The van der Waals surface area contributed by atoms with E-state index in [1.54, 1.807) is 0 Å². The molecule has 0 aliphatic carbocycles. The molecule has 0 aliphatic rings. The summed E-state index contributed by atoms with van der Waals surface area (Å²) in [6.45, 7) is 1.95. The number of hydrogen-bond donors (Lipinski definition) is 1. The molecule has 1 aromatic heterocycles. The van der Waals surface area contributed by atoms with Crippen molar-refractivity contribution in [1.29, 1.82) is 5.26 Å². The molecule has 5 heteroatoms. The standard InChI is InChI=1S/C11H7Cl2N3/c1-6-2-3-7(8(12)4-6)10-11(13)16-9(5-14)15-10/h2-4H,1H3,(H,15,16). The van der Waals surface area contributed by atoms with Crippen LogP contribution in [0.3, 0.4) is 0 Å². The number of aryl methyl sites for hydroxylation is 1. The Morgan fingerprint density at radius 2 is 2.12 bits per heavy atom. The summed E-state index contributed by atoms with van der Waals surface area (Å²) in [5, 5.41) is 9.59. The SMILES string of the molecule is Cc1ccc(-c2nc(C#N)[nH]c2Cl)c(Cl)c1. The van der Waals surface area contributed by atoms with Gasteiger partial charge in [0.15, 0.2) is 0 Å². The van der Waals surface area contributed by atoms with E-state index in [2.05, 4.69) is 9.97 Å². The number of nitrogens with zero attached hydrogens (tertiary/aromatic N) is 2. The maximum absolute atomic E-state index is 8.70. The average molecular weight is 252 g/mol. The normalized spacial score (nSPS) is 10.1. The van der Waals surface area contributed by atoms with Crippen molar-refractivity contribution >= 4 is 23.2 Å². The van der Waals surface area contributed by atoms with E-state index in [4.69, 9.17) is 28.5 Å². The Bertz CT molecular complexity index is 581. The van der Waals surface area contributed by atoms with E-state index in [1.165, 1.54) is 0 Å². The summed E-state index contributed by atoms with van der Waals surface area (Å²) < 4.78 is 0. The van der Waals surface area contributed by atoms with Gasteiger partial charge in [0.2, 0.25) is 5.82 Å². The van der Waals surface area contributed by atoms with Crippen molar-refractivity contribution in [2.45, 2.75) is 6.92 Å². The molecular weight excluding hydrogens is 245 g/mol. The van der Waals surface area contributed by atoms with Gasteiger partial charge in [-0.1, -0.05) is 35.3 Å². The molecule has 2 rings (SSSR count). The third-order valence-corrected chi connectivity index (χ3v) is 2.73. The smallest absolute Gasteiger partial charge is 0.211 e. The Balaban J connectivity index is 2.59. The molecule has 0 spiro atoms. The summed E-state index contributed by atoms with van der Waals surface area (Å²) >= 11 is 12.0. The fourth-order valence-electron chi connectivity index (χ4n) is 1.40. The first-order valence-electron chi connectivity index (χ1n) is 4.54. The fourth-order valence-corrected chi connectivity index (χ4v) is 1.95. The number of benzene rings is 1. The summed E-state index contributed by atoms with van der Waals surface area (Å²) in [4.78, 5) is 6.73. The number of H-pyrrole nitrogens is 1. The van der Waals surface area contributed by atoms with Crippen LogP contribution in [0.25, 0.3) is 11.3 Å². The highest BCUT2D eigenvalue weighted by molar-refractivity contribution is 6.35. The van der Waals surface area contributed by atoms with Crippen LogP contribution in [0.1, 0.15) is 11.4 Å². The highest BCUT2D eigenvalue weighted by atomic mass is 35.5. The molecule has 0 amide bonds. The fraction of sp³-hybridized carbons (Fsp3) is 0.0909. The van der Waals surface area contributed by atoms with Crippen LogP contribution < -0.4 is 0 Å². The summed E-state index contributed by atoms with van der Waals surface area (Å²) in [5.41, 5.74) is 2.28. The minimum atomic E-state index is 0.177. The molecule has 0 unspecified atom stereocenters. The van der Waals surface area contributed by atoms with Crippen molar-refractivity contribution in [3.63, 3.8) is 0 Å². The van der Waals surface area contributed by atoms with Crippen LogP contribution in [0.15, 0.2) is 18.2 Å². The highest BCUT2D eigenvalue weighted by Crippen LogP contribution is 2.31. The predicted octanol–water partition coefficient (Wildman–Crippen LogP) is 3.56. The Labute approximate surface area is 103 Å². The number of nitriles is 1. The largest absolute Gasteiger partial charge is 0.320 e. The lowest BCUT2D eigenvalue weighted by Gasteiger charge is -2.02. The number of aromatic amines is 1. The van der Waals surface area contributed by atoms with E-state index < -0.39 is 0 Å². The third-order valence-electron chi connectivity index (χ3n) is 2.15. The molecule has 0 saturated carbocycles. The molecule has 1 aromatic carbocycles. The first-order chi connectivity index (χ1) is 7.61. The van der Waals surface area contributed by atoms with Crippen LogP contribution in [0.2, 0.25) is 10.2 Å². The number of imidazole rings is 1. The van der Waals surface area contributed by atoms with Gasteiger partial charge in [0.1, 0.15) is 16.9 Å². The van der Waals surface area contributed by atoms with Gasteiger partial charge in [0, 0.05) is 5.56 Å². The first-order valence-corrected chi connectivity index (χ1v) is 5.29. The highest BCUT2D eigenvalue weighted by Gasteiger charge is 2.13. The molecule has 0 atom stereocenters. The van der Waals surface area contributed by atoms with Gasteiger partial charge in [-0.05, 0) is 18.6 Å².